The summed E-state index contributed by atoms with van der Waals surface area (Å²) in [5.74, 6) is 5.13. The molecule has 0 aromatic carbocycles. The van der Waals surface area contributed by atoms with Crippen LogP contribution in [0.25, 0.3) is 0 Å². The van der Waals surface area contributed by atoms with Crippen LogP contribution in [0.4, 0.5) is 0 Å². The molecule has 4 aliphatic carbocycles. The predicted molar refractivity (Wildman–Crippen MR) is 103 cm³/mol. The van der Waals surface area contributed by atoms with E-state index in [9.17, 15) is 0 Å². The molecule has 4 saturated carbocycles. The van der Waals surface area contributed by atoms with Gasteiger partial charge >= 0.3 is 0 Å². The third-order valence-corrected chi connectivity index (χ3v) is 10.3. The molecule has 1 nitrogen and oxygen atoms in total. The highest BCUT2D eigenvalue weighted by molar-refractivity contribution is 5.12. The number of hydrogen-bond acceptors (Lipinski definition) is 1. The molecular formula is C24H40O. The first kappa shape index (κ1) is 17.1. The van der Waals surface area contributed by atoms with E-state index in [1.165, 1.54) is 57.8 Å². The summed E-state index contributed by atoms with van der Waals surface area (Å²) in [6.45, 7) is 7.75. The zero-order chi connectivity index (χ0) is 17.2. The maximum absolute atomic E-state index is 5.99. The quantitative estimate of drug-likeness (QED) is 0.413. The average Bonchev–Trinajstić information content (AvgIpc) is 3.25. The SMILES string of the molecule is CCCCCC1CC[C@H]2[C@@H]3CCC4CC5OC5C[C@]4(C)[C@H]3CC[C@]12C. The summed E-state index contributed by atoms with van der Waals surface area (Å²) in [6.07, 6.45) is 19.2. The van der Waals surface area contributed by atoms with E-state index in [-0.39, 0.29) is 0 Å². The molecule has 0 N–H and O–H groups in total. The fourth-order valence-electron chi connectivity index (χ4n) is 8.74. The van der Waals surface area contributed by atoms with Gasteiger partial charge in [0.1, 0.15) is 0 Å². The van der Waals surface area contributed by atoms with Crippen molar-refractivity contribution < 1.29 is 4.74 Å². The second kappa shape index (κ2) is 5.98. The molecule has 0 aromatic rings. The fourth-order valence-corrected chi connectivity index (χ4v) is 8.74. The lowest BCUT2D eigenvalue weighted by molar-refractivity contribution is -0.107. The molecule has 0 bridgehead atoms. The molecule has 142 valence electrons. The van der Waals surface area contributed by atoms with Crippen LogP contribution in [0.3, 0.4) is 0 Å². The number of unbranched alkanes of at least 4 members (excludes halogenated alkanes) is 2. The molecule has 1 aliphatic heterocycles. The highest BCUT2D eigenvalue weighted by atomic mass is 16.6. The fraction of sp³-hybridized carbons (Fsp3) is 1.00. The first-order valence-corrected chi connectivity index (χ1v) is 11.7. The number of rotatable bonds is 4. The average molecular weight is 345 g/mol. The largest absolute Gasteiger partial charge is 0.370 e. The van der Waals surface area contributed by atoms with Crippen molar-refractivity contribution in [1.82, 2.24) is 0 Å². The van der Waals surface area contributed by atoms with Crippen molar-refractivity contribution in [1.29, 1.82) is 0 Å². The van der Waals surface area contributed by atoms with Gasteiger partial charge in [-0.25, -0.2) is 0 Å². The Morgan fingerprint density at radius 3 is 2.56 bits per heavy atom. The zero-order valence-electron chi connectivity index (χ0n) is 16.9. The minimum Gasteiger partial charge on any atom is -0.370 e. The Labute approximate surface area is 155 Å². The predicted octanol–water partition coefficient (Wildman–Crippen LogP) is 6.60. The van der Waals surface area contributed by atoms with E-state index >= 15 is 0 Å². The Morgan fingerprint density at radius 1 is 0.880 bits per heavy atom. The van der Waals surface area contributed by atoms with E-state index in [0.717, 1.165) is 29.6 Å². The lowest BCUT2D eigenvalue weighted by Gasteiger charge is -2.60. The van der Waals surface area contributed by atoms with Crippen molar-refractivity contribution in [3.05, 3.63) is 0 Å². The van der Waals surface area contributed by atoms with Crippen LogP contribution >= 0.6 is 0 Å². The Hall–Kier alpha value is -0.0400. The third-order valence-electron chi connectivity index (χ3n) is 10.3. The molecule has 5 rings (SSSR count). The number of ether oxygens (including phenoxy) is 1. The lowest BCUT2D eigenvalue weighted by Crippen LogP contribution is -2.53. The highest BCUT2D eigenvalue weighted by Crippen LogP contribution is 2.69. The smallest absolute Gasteiger partial charge is 0.0847 e. The lowest BCUT2D eigenvalue weighted by atomic mass is 9.45. The normalized spacial score (nSPS) is 56.5. The van der Waals surface area contributed by atoms with Crippen LogP contribution in [0.1, 0.15) is 97.8 Å². The van der Waals surface area contributed by atoms with E-state index in [4.69, 9.17) is 4.74 Å². The van der Waals surface area contributed by atoms with Crippen LogP contribution in [0.15, 0.2) is 0 Å². The van der Waals surface area contributed by atoms with Crippen LogP contribution in [-0.2, 0) is 4.74 Å². The summed E-state index contributed by atoms with van der Waals surface area (Å²) < 4.78 is 5.99. The van der Waals surface area contributed by atoms with E-state index < -0.39 is 0 Å². The second-order valence-corrected chi connectivity index (χ2v) is 11.1. The van der Waals surface area contributed by atoms with Crippen LogP contribution in [0, 0.1) is 40.4 Å². The van der Waals surface area contributed by atoms with Crippen LogP contribution < -0.4 is 0 Å². The van der Waals surface area contributed by atoms with Crippen LogP contribution in [0.5, 0.6) is 0 Å². The topological polar surface area (TPSA) is 12.5 Å². The van der Waals surface area contributed by atoms with Gasteiger partial charge in [0.25, 0.3) is 0 Å². The van der Waals surface area contributed by atoms with Crippen molar-refractivity contribution in [3.8, 4) is 0 Å². The van der Waals surface area contributed by atoms with Gasteiger partial charge in [0.2, 0.25) is 0 Å². The van der Waals surface area contributed by atoms with Crippen molar-refractivity contribution in [2.75, 3.05) is 0 Å². The highest BCUT2D eigenvalue weighted by Gasteiger charge is 2.63. The van der Waals surface area contributed by atoms with Gasteiger partial charge in [0.05, 0.1) is 12.2 Å². The van der Waals surface area contributed by atoms with Gasteiger partial charge in [-0.05, 0) is 98.2 Å². The van der Waals surface area contributed by atoms with Crippen molar-refractivity contribution >= 4 is 0 Å². The molecule has 1 saturated heterocycles. The molecule has 4 unspecified atom stereocenters. The maximum atomic E-state index is 5.99. The van der Waals surface area contributed by atoms with Gasteiger partial charge in [-0.1, -0.05) is 40.0 Å². The van der Waals surface area contributed by atoms with Crippen molar-refractivity contribution in [2.24, 2.45) is 40.4 Å². The van der Waals surface area contributed by atoms with Crippen molar-refractivity contribution in [3.63, 3.8) is 0 Å². The van der Waals surface area contributed by atoms with Gasteiger partial charge in [-0.3, -0.25) is 0 Å². The van der Waals surface area contributed by atoms with Gasteiger partial charge in [0, 0.05) is 0 Å². The van der Waals surface area contributed by atoms with Gasteiger partial charge < -0.3 is 4.74 Å². The molecule has 0 aromatic heterocycles. The molecule has 25 heavy (non-hydrogen) atoms. The summed E-state index contributed by atoms with van der Waals surface area (Å²) >= 11 is 0. The molecule has 5 aliphatic rings. The molecule has 1 heteroatoms. The summed E-state index contributed by atoms with van der Waals surface area (Å²) in [4.78, 5) is 0. The number of fused-ring (bicyclic) bond motifs is 6. The van der Waals surface area contributed by atoms with Gasteiger partial charge in [0.15, 0.2) is 0 Å². The third kappa shape index (κ3) is 2.50. The monoisotopic (exact) mass is 344 g/mol. The Morgan fingerprint density at radius 2 is 1.72 bits per heavy atom. The van der Waals surface area contributed by atoms with E-state index in [1.807, 2.05) is 0 Å². The Balaban J connectivity index is 1.34. The first-order chi connectivity index (χ1) is 12.1. The van der Waals surface area contributed by atoms with Crippen LogP contribution in [-0.4, -0.2) is 12.2 Å². The molecule has 5 fully saturated rings. The molecule has 0 radical (unpaired) electrons. The summed E-state index contributed by atoms with van der Waals surface area (Å²) in [6, 6.07) is 0. The van der Waals surface area contributed by atoms with E-state index in [0.29, 0.717) is 23.0 Å². The summed E-state index contributed by atoms with van der Waals surface area (Å²) in [5.41, 5.74) is 1.30. The Kier molecular flexibility index (Phi) is 4.09. The number of epoxide rings is 1. The van der Waals surface area contributed by atoms with Gasteiger partial charge in [-0.2, -0.15) is 0 Å². The molecule has 0 amide bonds. The zero-order valence-corrected chi connectivity index (χ0v) is 16.9. The maximum Gasteiger partial charge on any atom is 0.0847 e. The number of hydrogen-bond donors (Lipinski definition) is 0. The minimum atomic E-state index is 0.613. The van der Waals surface area contributed by atoms with E-state index in [1.54, 1.807) is 19.3 Å². The summed E-state index contributed by atoms with van der Waals surface area (Å²) in [5, 5.41) is 0. The first-order valence-electron chi connectivity index (χ1n) is 11.7. The summed E-state index contributed by atoms with van der Waals surface area (Å²) in [7, 11) is 0. The second-order valence-electron chi connectivity index (χ2n) is 11.1. The van der Waals surface area contributed by atoms with E-state index in [2.05, 4.69) is 20.8 Å². The Bertz CT molecular complexity index is 514. The molecule has 9 atom stereocenters. The van der Waals surface area contributed by atoms with Gasteiger partial charge in [-0.15, -0.1) is 0 Å². The minimum absolute atomic E-state index is 0.613. The molecule has 1 heterocycles. The van der Waals surface area contributed by atoms with Crippen LogP contribution in [0.2, 0.25) is 0 Å². The van der Waals surface area contributed by atoms with Crippen molar-refractivity contribution in [2.45, 2.75) is 110 Å². The standard InChI is InChI=1S/C24H40O/c1-4-5-6-7-16-9-11-19-18-10-8-17-14-21-22(25-21)15-24(17,3)20(18)12-13-23(16,19)2/h16-22H,4-15H2,1-3H3/t16?,17?,18-,19-,20-,21?,22?,23+,24-/m0/s1. The molecule has 0 spiro atoms. The molecular weight excluding hydrogens is 304 g/mol.